The standard InChI is InChI=1S/C35H57N10O6P/c36-30(34(47)51-22-23-52(48,49)50)12-13-32(46)44-20-14-27(15-21-44)40-33-29-10-4-5-11-31(29)41-35(42-33)39-24-28-25-45(43-28)19-7-17-37-16-6-18-38-26-8-2-1-3-9-26/h4-5,10-11,25-27,30,37-38,43H,1-3,6-9,12-24,36H2,(H2,48,49,50)(H2,39,40,41,42)/t30-/m0/s1. The molecule has 17 heteroatoms. The largest absolute Gasteiger partial charge is 0.464 e. The fraction of sp³-hybridized carbons (Fsp3) is 0.657. The number of aromatic nitrogens is 4. The number of nitrogens with two attached hydrogens (primary N) is 1. The van der Waals surface area contributed by atoms with Gasteiger partial charge in [0.05, 0.1) is 23.9 Å². The normalized spacial score (nSPS) is 16.6. The molecule has 288 valence electrons. The lowest BCUT2D eigenvalue weighted by molar-refractivity contribution is -0.145. The van der Waals surface area contributed by atoms with E-state index in [1.807, 2.05) is 24.3 Å². The van der Waals surface area contributed by atoms with Crippen molar-refractivity contribution in [2.75, 3.05) is 56.1 Å². The first-order valence-electron chi connectivity index (χ1n) is 18.8. The summed E-state index contributed by atoms with van der Waals surface area (Å²) < 4.78 is 17.9. The van der Waals surface area contributed by atoms with Gasteiger partial charge >= 0.3 is 13.6 Å². The van der Waals surface area contributed by atoms with Gasteiger partial charge in [-0.3, -0.25) is 23.9 Å². The molecule has 0 unspecified atom stereocenters. The Morgan fingerprint density at radius 3 is 2.54 bits per heavy atom. The van der Waals surface area contributed by atoms with Crippen LogP contribution < -0.4 is 27.0 Å². The third kappa shape index (κ3) is 13.2. The summed E-state index contributed by atoms with van der Waals surface area (Å²) in [7, 11) is -4.26. The lowest BCUT2D eigenvalue weighted by Gasteiger charge is -2.33. The van der Waals surface area contributed by atoms with Crippen molar-refractivity contribution >= 4 is 42.1 Å². The molecule has 0 bridgehead atoms. The second kappa shape index (κ2) is 20.1. The smallest absolute Gasteiger partial charge is 0.328 e. The molecule has 1 aliphatic carbocycles. The Morgan fingerprint density at radius 2 is 1.77 bits per heavy atom. The summed E-state index contributed by atoms with van der Waals surface area (Å²) in [6, 6.07) is 7.69. The van der Waals surface area contributed by atoms with E-state index < -0.39 is 32.4 Å². The van der Waals surface area contributed by atoms with Gasteiger partial charge in [-0.15, -0.1) is 0 Å². The molecule has 0 spiro atoms. The van der Waals surface area contributed by atoms with Gasteiger partial charge in [0.2, 0.25) is 11.9 Å². The van der Waals surface area contributed by atoms with E-state index in [0.717, 1.165) is 80.3 Å². The average Bonchev–Trinajstić information content (AvgIpc) is 3.12. The van der Waals surface area contributed by atoms with Crippen molar-refractivity contribution in [1.29, 1.82) is 0 Å². The van der Waals surface area contributed by atoms with E-state index in [1.54, 1.807) is 4.90 Å². The first-order valence-corrected chi connectivity index (χ1v) is 20.6. The Hall–Kier alpha value is -3.53. The summed E-state index contributed by atoms with van der Waals surface area (Å²) >= 11 is 0. The third-order valence-electron chi connectivity index (χ3n) is 9.75. The maximum atomic E-state index is 12.8. The minimum absolute atomic E-state index is 0.0804. The highest BCUT2D eigenvalue weighted by Gasteiger charge is 2.26. The molecule has 3 heterocycles. The van der Waals surface area contributed by atoms with Gasteiger partial charge in [-0.25, -0.2) is 4.98 Å². The number of nitrogens with one attached hydrogen (secondary N) is 5. The van der Waals surface area contributed by atoms with Crippen molar-refractivity contribution in [3.05, 3.63) is 36.2 Å². The number of esters is 1. The number of aryl methyl sites for hydroxylation is 1. The van der Waals surface area contributed by atoms with E-state index in [-0.39, 0.29) is 24.8 Å². The molecule has 1 aliphatic heterocycles. The maximum Gasteiger partial charge on any atom is 0.328 e. The summed E-state index contributed by atoms with van der Waals surface area (Å²) in [5.41, 5.74) is 7.75. The van der Waals surface area contributed by atoms with Crippen molar-refractivity contribution in [2.45, 2.75) is 102 Å². The molecule has 1 atom stereocenters. The van der Waals surface area contributed by atoms with Crippen molar-refractivity contribution in [3.8, 4) is 0 Å². The number of carbonyl (C=O) groups is 2. The zero-order valence-electron chi connectivity index (χ0n) is 30.1. The van der Waals surface area contributed by atoms with Crippen molar-refractivity contribution < 1.29 is 28.7 Å². The maximum absolute atomic E-state index is 12.8. The Balaban J connectivity index is 0.990. The van der Waals surface area contributed by atoms with E-state index >= 15 is 0 Å². The van der Waals surface area contributed by atoms with Crippen LogP contribution in [0.15, 0.2) is 30.5 Å². The van der Waals surface area contributed by atoms with Crippen LogP contribution in [-0.4, -0.2) is 110 Å². The SMILES string of the molecule is N[C@@H](CCC(=O)N1CCC(Nc2nc(NCc3cn(CCCNCCCNC4CCCCC4)[nH]3)nc3ccccc23)CC1)C(=O)OCCP(=O)(O)O. The number of rotatable bonds is 21. The van der Waals surface area contributed by atoms with Gasteiger partial charge < -0.3 is 46.4 Å². The monoisotopic (exact) mass is 744 g/mol. The fourth-order valence-electron chi connectivity index (χ4n) is 6.73. The number of likely N-dealkylation sites (tertiary alicyclic amines) is 1. The highest BCUT2D eigenvalue weighted by atomic mass is 31.2. The Morgan fingerprint density at radius 1 is 1.02 bits per heavy atom. The van der Waals surface area contributed by atoms with Gasteiger partial charge in [-0.05, 0) is 76.7 Å². The highest BCUT2D eigenvalue weighted by Crippen LogP contribution is 2.33. The number of para-hydroxylation sites is 1. The number of amides is 1. The molecule has 16 nitrogen and oxygen atoms in total. The number of ether oxygens (including phenoxy) is 1. The molecule has 1 saturated heterocycles. The topological polar surface area (TPSA) is 225 Å². The van der Waals surface area contributed by atoms with E-state index in [4.69, 9.17) is 30.2 Å². The fourth-order valence-corrected chi connectivity index (χ4v) is 7.06. The number of H-pyrrole nitrogens is 1. The number of fused-ring (bicyclic) bond motifs is 1. The van der Waals surface area contributed by atoms with Gasteiger partial charge in [0, 0.05) is 49.7 Å². The number of carbonyl (C=O) groups excluding carboxylic acids is 2. The second-order valence-corrected chi connectivity index (χ2v) is 15.7. The van der Waals surface area contributed by atoms with E-state index in [9.17, 15) is 14.2 Å². The number of hydrogen-bond acceptors (Lipinski definition) is 11. The number of nitrogens with zero attached hydrogens (tertiary/aromatic N) is 4. The second-order valence-electron chi connectivity index (χ2n) is 14.0. The first kappa shape index (κ1) is 39.7. The Kier molecular flexibility index (Phi) is 15.3. The van der Waals surface area contributed by atoms with Crippen LogP contribution in [0.25, 0.3) is 10.9 Å². The molecular weight excluding hydrogens is 687 g/mol. The van der Waals surface area contributed by atoms with E-state index in [1.165, 1.54) is 32.1 Å². The summed E-state index contributed by atoms with van der Waals surface area (Å²) in [5, 5.41) is 18.5. The minimum Gasteiger partial charge on any atom is -0.464 e. The molecule has 1 amide bonds. The number of piperidine rings is 1. The Labute approximate surface area is 305 Å². The molecule has 2 aliphatic rings. The van der Waals surface area contributed by atoms with Crippen LogP contribution in [0.3, 0.4) is 0 Å². The lowest BCUT2D eigenvalue weighted by Crippen LogP contribution is -2.43. The van der Waals surface area contributed by atoms with E-state index in [2.05, 4.69) is 37.2 Å². The zero-order valence-corrected chi connectivity index (χ0v) is 31.0. The molecule has 5 rings (SSSR count). The number of aromatic amines is 1. The van der Waals surface area contributed by atoms with Crippen molar-refractivity contribution in [3.63, 3.8) is 0 Å². The van der Waals surface area contributed by atoms with Crippen LogP contribution in [-0.2, 0) is 32.0 Å². The molecule has 0 radical (unpaired) electrons. The molecule has 52 heavy (non-hydrogen) atoms. The molecule has 1 aromatic carbocycles. The first-order chi connectivity index (χ1) is 25.1. The lowest BCUT2D eigenvalue weighted by atomic mass is 9.95. The molecule has 2 aromatic heterocycles. The molecule has 1 saturated carbocycles. The highest BCUT2D eigenvalue weighted by molar-refractivity contribution is 7.51. The van der Waals surface area contributed by atoms with E-state index in [0.29, 0.717) is 25.6 Å². The molecule has 3 aromatic rings. The van der Waals surface area contributed by atoms with Gasteiger partial charge in [-0.1, -0.05) is 31.4 Å². The van der Waals surface area contributed by atoms with Crippen LogP contribution in [0.5, 0.6) is 0 Å². The van der Waals surface area contributed by atoms with Crippen LogP contribution in [0.2, 0.25) is 0 Å². The zero-order chi connectivity index (χ0) is 36.8. The predicted octanol–water partition coefficient (Wildman–Crippen LogP) is 2.89. The minimum atomic E-state index is -4.26. The third-order valence-corrected chi connectivity index (χ3v) is 10.5. The van der Waals surface area contributed by atoms with Crippen LogP contribution >= 0.6 is 7.60 Å². The molecule has 2 fully saturated rings. The Bertz CT molecular complexity index is 1590. The molecular formula is C35H57N10O6P. The number of hydrogen-bond donors (Lipinski definition) is 8. The summed E-state index contributed by atoms with van der Waals surface area (Å²) in [6.07, 6.45) is 12.2. The summed E-state index contributed by atoms with van der Waals surface area (Å²) in [5.74, 6) is 0.405. The predicted molar refractivity (Wildman–Crippen MR) is 201 cm³/mol. The van der Waals surface area contributed by atoms with Gasteiger partial charge in [0.25, 0.3) is 0 Å². The van der Waals surface area contributed by atoms with Crippen LogP contribution in [0.1, 0.15) is 76.3 Å². The summed E-state index contributed by atoms with van der Waals surface area (Å²) in [4.78, 5) is 53.9. The quantitative estimate of drug-likeness (QED) is 0.0447. The van der Waals surface area contributed by atoms with Gasteiger partial charge in [0.15, 0.2) is 0 Å². The average molecular weight is 745 g/mol. The van der Waals surface area contributed by atoms with Crippen molar-refractivity contribution in [1.82, 2.24) is 35.3 Å². The number of anilines is 2. The van der Waals surface area contributed by atoms with Gasteiger partial charge in [-0.2, -0.15) is 4.98 Å². The molecule has 9 N–H and O–H groups in total. The van der Waals surface area contributed by atoms with Crippen molar-refractivity contribution in [2.24, 2.45) is 5.73 Å². The number of benzene rings is 1. The van der Waals surface area contributed by atoms with Crippen LogP contribution in [0.4, 0.5) is 11.8 Å². The van der Waals surface area contributed by atoms with Crippen LogP contribution in [0, 0.1) is 0 Å². The van der Waals surface area contributed by atoms with Gasteiger partial charge in [0.1, 0.15) is 18.5 Å². The summed E-state index contributed by atoms with van der Waals surface area (Å²) in [6.45, 7) is 5.35.